The van der Waals surface area contributed by atoms with Crippen LogP contribution in [-0.2, 0) is 0 Å². The molecule has 1 amide bonds. The molecule has 6 N–H and O–H groups in total. The van der Waals surface area contributed by atoms with Crippen LogP contribution in [0.5, 0.6) is 0 Å². The molecule has 0 radical (unpaired) electrons. The van der Waals surface area contributed by atoms with Crippen LogP contribution in [0, 0.1) is 12.3 Å². The third kappa shape index (κ3) is 1.79. The van der Waals surface area contributed by atoms with Gasteiger partial charge in [-0.05, 0) is 13.0 Å². The lowest BCUT2D eigenvalue weighted by Crippen LogP contribution is -2.20. The van der Waals surface area contributed by atoms with E-state index < -0.39 is 5.91 Å². The fourth-order valence-corrected chi connectivity index (χ4v) is 1.12. The number of aromatic amines is 1. The van der Waals surface area contributed by atoms with E-state index >= 15 is 0 Å². The smallest absolute Gasteiger partial charge is 0.251 e. The Morgan fingerprint density at radius 1 is 1.64 bits per heavy atom. The Labute approximate surface area is 80.5 Å². The Balaban J connectivity index is 3.26. The zero-order valence-corrected chi connectivity index (χ0v) is 7.66. The number of nitrogens with zero attached hydrogens (tertiary/aromatic N) is 1. The molecule has 1 heterocycles. The Kier molecular flexibility index (Phi) is 2.66. The molecule has 6 nitrogen and oxygen atoms in total. The van der Waals surface area contributed by atoms with Crippen LogP contribution in [0.15, 0.2) is 11.1 Å². The molecule has 0 spiro atoms. The number of primary amides is 1. The first-order valence-corrected chi connectivity index (χ1v) is 3.88. The highest BCUT2D eigenvalue weighted by Crippen LogP contribution is 2.09. The van der Waals surface area contributed by atoms with Crippen LogP contribution in [0.2, 0.25) is 0 Å². The number of rotatable bonds is 3. The van der Waals surface area contributed by atoms with Crippen LogP contribution in [-0.4, -0.2) is 23.1 Å². The summed E-state index contributed by atoms with van der Waals surface area (Å²) in [5, 5.41) is 6.74. The lowest BCUT2D eigenvalue weighted by Gasteiger charge is -1.97. The molecule has 0 fully saturated rings. The molecule has 74 valence electrons. The van der Waals surface area contributed by atoms with Gasteiger partial charge in [0.05, 0.1) is 11.3 Å². The van der Waals surface area contributed by atoms with Gasteiger partial charge in [0.25, 0.3) is 5.91 Å². The van der Waals surface area contributed by atoms with E-state index in [1.165, 1.54) is 0 Å². The summed E-state index contributed by atoms with van der Waals surface area (Å²) in [4.78, 5) is 17.4. The molecule has 1 rings (SSSR count). The number of hydrogen-bond donors (Lipinski definition) is 4. The number of nitrogens with one attached hydrogen (secondary N) is 2. The van der Waals surface area contributed by atoms with E-state index in [0.29, 0.717) is 5.69 Å². The molecule has 0 unspecified atom stereocenters. The summed E-state index contributed by atoms with van der Waals surface area (Å²) in [7, 11) is 0. The van der Waals surface area contributed by atoms with Crippen LogP contribution in [0.4, 0.5) is 0 Å². The molecular weight excluding hydrogens is 182 g/mol. The molecule has 14 heavy (non-hydrogen) atoms. The fourth-order valence-electron chi connectivity index (χ4n) is 1.12. The number of carbonyl (C=O) groups is 1. The van der Waals surface area contributed by atoms with Crippen LogP contribution < -0.4 is 11.5 Å². The van der Waals surface area contributed by atoms with Crippen LogP contribution in [0.25, 0.3) is 0 Å². The average Bonchev–Trinajstić information content (AvgIpc) is 2.48. The molecule has 0 atom stereocenters. The number of aryl methyl sites for hydroxylation is 1. The third-order valence-electron chi connectivity index (χ3n) is 1.68. The minimum absolute atomic E-state index is 0.0712. The van der Waals surface area contributed by atoms with Gasteiger partial charge in [0.1, 0.15) is 12.2 Å². The second kappa shape index (κ2) is 3.73. The van der Waals surface area contributed by atoms with Gasteiger partial charge in [-0.2, -0.15) is 0 Å². The molecule has 0 saturated carbocycles. The van der Waals surface area contributed by atoms with Gasteiger partial charge in [-0.15, -0.1) is 0 Å². The summed E-state index contributed by atoms with van der Waals surface area (Å²) >= 11 is 0. The van der Waals surface area contributed by atoms with Gasteiger partial charge in [-0.25, -0.2) is 4.99 Å². The molecule has 0 bridgehead atoms. The van der Waals surface area contributed by atoms with Crippen molar-refractivity contribution >= 4 is 18.1 Å². The maximum Gasteiger partial charge on any atom is 0.251 e. The van der Waals surface area contributed by atoms with Crippen molar-refractivity contribution in [1.29, 1.82) is 5.41 Å². The molecule has 0 aromatic carbocycles. The number of hydrogen-bond acceptors (Lipinski definition) is 2. The van der Waals surface area contributed by atoms with Crippen molar-refractivity contribution in [1.82, 2.24) is 4.98 Å². The number of H-pyrrole nitrogens is 1. The summed E-state index contributed by atoms with van der Waals surface area (Å²) in [6.45, 7) is 1.77. The highest BCUT2D eigenvalue weighted by atomic mass is 16.1. The van der Waals surface area contributed by atoms with E-state index in [1.807, 2.05) is 0 Å². The fraction of sp³-hybridized carbons (Fsp3) is 0.125. The molecule has 0 aliphatic heterocycles. The molecule has 6 heteroatoms. The average molecular weight is 193 g/mol. The molecular formula is C8H11N5O. The number of carbonyl (C=O) groups excluding carboxylic acids is 1. The predicted molar refractivity (Wildman–Crippen MR) is 53.6 cm³/mol. The van der Waals surface area contributed by atoms with E-state index in [2.05, 4.69) is 9.98 Å². The second-order valence-electron chi connectivity index (χ2n) is 2.75. The number of aliphatic imine (C=N–C) groups is 1. The summed E-state index contributed by atoms with van der Waals surface area (Å²) in [5.74, 6) is -0.505. The van der Waals surface area contributed by atoms with Gasteiger partial charge in [0.15, 0.2) is 0 Å². The second-order valence-corrected chi connectivity index (χ2v) is 2.75. The monoisotopic (exact) mass is 193 g/mol. The van der Waals surface area contributed by atoms with Gasteiger partial charge in [0, 0.05) is 5.69 Å². The molecule has 1 aromatic heterocycles. The zero-order chi connectivity index (χ0) is 10.7. The molecule has 0 saturated heterocycles. The van der Waals surface area contributed by atoms with Crippen molar-refractivity contribution in [3.63, 3.8) is 0 Å². The largest absolute Gasteiger partial charge is 0.382 e. The Morgan fingerprint density at radius 3 is 2.79 bits per heavy atom. The summed E-state index contributed by atoms with van der Waals surface area (Å²) in [6.07, 6.45) is 0.802. The standard InChI is InChI=1S/C8H11N5O/c1-4-2-5(8(11)14)6(13-4)7(10)12-3-9/h2-3,13H,1H3,(H2,11,14)(H3,9,10,12). The van der Waals surface area contributed by atoms with Crippen LogP contribution in [0.3, 0.4) is 0 Å². The van der Waals surface area contributed by atoms with E-state index in [-0.39, 0.29) is 11.4 Å². The Bertz CT molecular complexity index is 404. The minimum Gasteiger partial charge on any atom is -0.382 e. The molecule has 1 aromatic rings. The summed E-state index contributed by atoms with van der Waals surface area (Å²) in [6, 6.07) is 1.59. The lowest BCUT2D eigenvalue weighted by molar-refractivity contribution is 0.100. The normalized spacial score (nSPS) is 11.4. The first-order chi connectivity index (χ1) is 6.56. The number of amides is 1. The Morgan fingerprint density at radius 2 is 2.29 bits per heavy atom. The van der Waals surface area contributed by atoms with Gasteiger partial charge in [0.2, 0.25) is 0 Å². The highest BCUT2D eigenvalue weighted by molar-refractivity contribution is 6.09. The van der Waals surface area contributed by atoms with Crippen molar-refractivity contribution in [3.05, 3.63) is 23.0 Å². The summed E-state index contributed by atoms with van der Waals surface area (Å²) < 4.78 is 0. The van der Waals surface area contributed by atoms with Crippen LogP contribution >= 0.6 is 0 Å². The summed E-state index contributed by atoms with van der Waals surface area (Å²) in [5.41, 5.74) is 12.1. The first kappa shape index (κ1) is 9.97. The maximum absolute atomic E-state index is 11.0. The third-order valence-corrected chi connectivity index (χ3v) is 1.68. The minimum atomic E-state index is -0.576. The van der Waals surface area contributed by atoms with Crippen molar-refractivity contribution < 1.29 is 4.79 Å². The van der Waals surface area contributed by atoms with Gasteiger partial charge in [-0.1, -0.05) is 0 Å². The first-order valence-electron chi connectivity index (χ1n) is 3.88. The number of aromatic nitrogens is 1. The van der Waals surface area contributed by atoms with Gasteiger partial charge in [-0.3, -0.25) is 10.2 Å². The van der Waals surface area contributed by atoms with Gasteiger partial charge < -0.3 is 16.5 Å². The topological polar surface area (TPSA) is 121 Å². The number of amidine groups is 1. The SMILES string of the molecule is Cc1cc(C(N)=O)c(C(N)=NC=N)[nH]1. The van der Waals surface area contributed by atoms with Crippen molar-refractivity contribution in [2.24, 2.45) is 16.5 Å². The predicted octanol–water partition coefficient (Wildman–Crippen LogP) is -0.266. The quantitative estimate of drug-likeness (QED) is 0.390. The van der Waals surface area contributed by atoms with E-state index in [0.717, 1.165) is 12.0 Å². The van der Waals surface area contributed by atoms with Crippen molar-refractivity contribution in [3.8, 4) is 0 Å². The number of nitrogens with two attached hydrogens (primary N) is 2. The zero-order valence-electron chi connectivity index (χ0n) is 7.66. The molecule has 0 aliphatic rings. The van der Waals surface area contributed by atoms with Crippen molar-refractivity contribution in [2.75, 3.05) is 0 Å². The lowest BCUT2D eigenvalue weighted by atomic mass is 10.2. The van der Waals surface area contributed by atoms with Crippen LogP contribution in [0.1, 0.15) is 21.7 Å². The van der Waals surface area contributed by atoms with E-state index in [9.17, 15) is 4.79 Å². The van der Waals surface area contributed by atoms with E-state index in [4.69, 9.17) is 16.9 Å². The van der Waals surface area contributed by atoms with E-state index in [1.54, 1.807) is 13.0 Å². The molecule has 0 aliphatic carbocycles. The highest BCUT2D eigenvalue weighted by Gasteiger charge is 2.13. The van der Waals surface area contributed by atoms with Crippen molar-refractivity contribution in [2.45, 2.75) is 6.92 Å². The van der Waals surface area contributed by atoms with Gasteiger partial charge >= 0.3 is 0 Å². The Hall–Kier alpha value is -2.11. The maximum atomic E-state index is 11.0.